The molecule has 0 aromatic heterocycles. The van der Waals surface area contributed by atoms with Crippen molar-refractivity contribution in [1.29, 1.82) is 5.26 Å². The van der Waals surface area contributed by atoms with Crippen LogP contribution in [0.4, 0.5) is 0 Å². The summed E-state index contributed by atoms with van der Waals surface area (Å²) in [5.41, 5.74) is 5.51. The Kier molecular flexibility index (Phi) is 11.4. The largest absolute Gasteiger partial charge is 0.422 e. The molecule has 37 heavy (non-hydrogen) atoms. The number of carbonyl (C=O) groups excluding carboxylic acids is 1. The Morgan fingerprint density at radius 1 is 0.784 bits per heavy atom. The van der Waals surface area contributed by atoms with Gasteiger partial charge in [0.15, 0.2) is 0 Å². The van der Waals surface area contributed by atoms with Crippen molar-refractivity contribution in [2.24, 2.45) is 5.92 Å². The molecule has 0 bridgehead atoms. The van der Waals surface area contributed by atoms with E-state index < -0.39 is 5.97 Å². The number of aryl methyl sites for hydroxylation is 2. The molecule has 0 spiro atoms. The first-order valence-electron chi connectivity index (χ1n) is 13.9. The third-order valence-corrected chi connectivity index (χ3v) is 6.85. The number of rotatable bonds is 14. The van der Waals surface area contributed by atoms with Gasteiger partial charge in [-0.3, -0.25) is 0 Å². The molecule has 0 N–H and O–H groups in total. The normalized spacial score (nSPS) is 10.9. The minimum Gasteiger partial charge on any atom is -0.422 e. The minimum atomic E-state index is -0.452. The van der Waals surface area contributed by atoms with Crippen LogP contribution in [0.15, 0.2) is 66.7 Å². The van der Waals surface area contributed by atoms with Crippen molar-refractivity contribution in [2.45, 2.75) is 85.0 Å². The second kappa shape index (κ2) is 15.0. The van der Waals surface area contributed by atoms with Crippen molar-refractivity contribution in [3.05, 3.63) is 89.0 Å². The lowest BCUT2D eigenvalue weighted by Crippen LogP contribution is -2.09. The highest BCUT2D eigenvalue weighted by Gasteiger charge is 2.13. The molecule has 0 aliphatic rings. The Labute approximate surface area is 223 Å². The van der Waals surface area contributed by atoms with Gasteiger partial charge in [-0.1, -0.05) is 102 Å². The number of carbonyl (C=O) groups is 1. The quantitative estimate of drug-likeness (QED) is 0.127. The van der Waals surface area contributed by atoms with Crippen LogP contribution < -0.4 is 4.74 Å². The SMILES string of the molecule is CCCCCCCCCc1ccc(OC(=O)c2ccc(-c3ccc(CCC(C)C)cc3)cc2)c(C#N)c1. The Morgan fingerprint density at radius 2 is 1.38 bits per heavy atom. The molecule has 0 radical (unpaired) electrons. The summed E-state index contributed by atoms with van der Waals surface area (Å²) < 4.78 is 5.60. The molecule has 0 atom stereocenters. The molecule has 3 aromatic rings. The number of nitrogens with zero attached hydrogens (tertiary/aromatic N) is 1. The van der Waals surface area contributed by atoms with Crippen LogP contribution in [0.2, 0.25) is 0 Å². The predicted octanol–water partition coefficient (Wildman–Crippen LogP) is 9.33. The van der Waals surface area contributed by atoms with Crippen LogP contribution in [0, 0.1) is 17.2 Å². The van der Waals surface area contributed by atoms with Gasteiger partial charge >= 0.3 is 5.97 Å². The van der Waals surface area contributed by atoms with E-state index in [4.69, 9.17) is 4.74 Å². The van der Waals surface area contributed by atoms with E-state index in [-0.39, 0.29) is 0 Å². The van der Waals surface area contributed by atoms with Gasteiger partial charge in [0.05, 0.1) is 11.1 Å². The fourth-order valence-electron chi connectivity index (χ4n) is 4.47. The summed E-state index contributed by atoms with van der Waals surface area (Å²) in [6.07, 6.45) is 12.0. The Hall–Kier alpha value is -3.38. The van der Waals surface area contributed by atoms with Gasteiger partial charge in [-0.15, -0.1) is 0 Å². The van der Waals surface area contributed by atoms with Gasteiger partial charge in [0.25, 0.3) is 0 Å². The fraction of sp³-hybridized carbons (Fsp3) is 0.412. The van der Waals surface area contributed by atoms with Crippen molar-refractivity contribution >= 4 is 5.97 Å². The van der Waals surface area contributed by atoms with E-state index in [1.165, 1.54) is 50.5 Å². The first-order chi connectivity index (χ1) is 18.0. The average molecular weight is 496 g/mol. The van der Waals surface area contributed by atoms with Crippen LogP contribution in [0.5, 0.6) is 5.75 Å². The lowest BCUT2D eigenvalue weighted by atomic mass is 9.99. The lowest BCUT2D eigenvalue weighted by molar-refractivity contribution is 0.0734. The van der Waals surface area contributed by atoms with E-state index in [2.05, 4.69) is 51.1 Å². The maximum atomic E-state index is 12.8. The van der Waals surface area contributed by atoms with Crippen LogP contribution >= 0.6 is 0 Å². The van der Waals surface area contributed by atoms with Gasteiger partial charge in [-0.2, -0.15) is 5.26 Å². The van der Waals surface area contributed by atoms with Crippen molar-refractivity contribution < 1.29 is 9.53 Å². The molecule has 0 fully saturated rings. The molecule has 0 unspecified atom stereocenters. The number of hydrogen-bond donors (Lipinski definition) is 0. The molecule has 0 saturated heterocycles. The van der Waals surface area contributed by atoms with E-state index in [1.807, 2.05) is 24.3 Å². The van der Waals surface area contributed by atoms with Gasteiger partial charge in [0.2, 0.25) is 0 Å². The van der Waals surface area contributed by atoms with Crippen molar-refractivity contribution in [3.63, 3.8) is 0 Å². The average Bonchev–Trinajstić information content (AvgIpc) is 2.92. The molecule has 3 heteroatoms. The second-order valence-corrected chi connectivity index (χ2v) is 10.4. The molecule has 3 nitrogen and oxygen atoms in total. The molecule has 0 aliphatic carbocycles. The summed E-state index contributed by atoms with van der Waals surface area (Å²) >= 11 is 0. The monoisotopic (exact) mass is 495 g/mol. The summed E-state index contributed by atoms with van der Waals surface area (Å²) in [7, 11) is 0. The third-order valence-electron chi connectivity index (χ3n) is 6.85. The van der Waals surface area contributed by atoms with E-state index in [9.17, 15) is 10.1 Å². The number of unbranched alkanes of at least 4 members (excludes halogenated alkanes) is 6. The summed E-state index contributed by atoms with van der Waals surface area (Å²) in [5, 5.41) is 9.62. The number of nitriles is 1. The predicted molar refractivity (Wildman–Crippen MR) is 153 cm³/mol. The van der Waals surface area contributed by atoms with Crippen LogP contribution in [0.3, 0.4) is 0 Å². The molecule has 0 saturated carbocycles. The summed E-state index contributed by atoms with van der Waals surface area (Å²) in [6, 6.07) is 23.8. The lowest BCUT2D eigenvalue weighted by Gasteiger charge is -2.09. The molecular weight excluding hydrogens is 454 g/mol. The van der Waals surface area contributed by atoms with E-state index in [1.54, 1.807) is 18.2 Å². The number of benzene rings is 3. The third kappa shape index (κ3) is 9.21. The van der Waals surface area contributed by atoms with Gasteiger partial charge in [0, 0.05) is 0 Å². The summed E-state index contributed by atoms with van der Waals surface area (Å²) in [4.78, 5) is 12.8. The van der Waals surface area contributed by atoms with E-state index in [0.29, 0.717) is 22.8 Å². The van der Waals surface area contributed by atoms with Crippen molar-refractivity contribution in [2.75, 3.05) is 0 Å². The minimum absolute atomic E-state index is 0.317. The maximum absolute atomic E-state index is 12.8. The van der Waals surface area contributed by atoms with Crippen molar-refractivity contribution in [3.8, 4) is 22.9 Å². The van der Waals surface area contributed by atoms with E-state index >= 15 is 0 Å². The van der Waals surface area contributed by atoms with Crippen molar-refractivity contribution in [1.82, 2.24) is 0 Å². The summed E-state index contributed by atoms with van der Waals surface area (Å²) in [5.74, 6) is 0.563. The Morgan fingerprint density at radius 3 is 2.00 bits per heavy atom. The maximum Gasteiger partial charge on any atom is 0.343 e. The fourth-order valence-corrected chi connectivity index (χ4v) is 4.47. The zero-order chi connectivity index (χ0) is 26.5. The zero-order valence-corrected chi connectivity index (χ0v) is 22.8. The highest BCUT2D eigenvalue weighted by molar-refractivity contribution is 5.92. The topological polar surface area (TPSA) is 50.1 Å². The van der Waals surface area contributed by atoms with Crippen LogP contribution in [0.1, 0.15) is 99.2 Å². The molecule has 3 rings (SSSR count). The van der Waals surface area contributed by atoms with Gasteiger partial charge < -0.3 is 4.74 Å². The molecule has 0 heterocycles. The number of hydrogen-bond acceptors (Lipinski definition) is 3. The Balaban J connectivity index is 1.55. The molecule has 0 aliphatic heterocycles. The second-order valence-electron chi connectivity index (χ2n) is 10.4. The Bertz CT molecular complexity index is 1150. The highest BCUT2D eigenvalue weighted by Crippen LogP contribution is 2.24. The molecular formula is C34H41NO2. The van der Waals surface area contributed by atoms with Crippen LogP contribution in [-0.2, 0) is 12.8 Å². The van der Waals surface area contributed by atoms with Crippen LogP contribution in [-0.4, -0.2) is 5.97 Å². The zero-order valence-electron chi connectivity index (χ0n) is 22.8. The van der Waals surface area contributed by atoms with Gasteiger partial charge in [0.1, 0.15) is 11.8 Å². The standard InChI is InChI=1S/C34H41NO2/c1-4-5-6-7-8-9-10-11-28-16-23-33(32(24-28)25-35)37-34(36)31-21-19-30(20-22-31)29-17-14-27(15-18-29)13-12-26(2)3/h14-24,26H,4-13H2,1-3H3. The number of ether oxygens (including phenoxy) is 1. The first-order valence-corrected chi connectivity index (χ1v) is 13.9. The smallest absolute Gasteiger partial charge is 0.343 e. The number of esters is 1. The molecule has 3 aromatic carbocycles. The molecule has 0 amide bonds. The first kappa shape index (κ1) is 28.2. The highest BCUT2D eigenvalue weighted by atomic mass is 16.5. The van der Waals surface area contributed by atoms with E-state index in [0.717, 1.165) is 36.0 Å². The van der Waals surface area contributed by atoms with Gasteiger partial charge in [-0.25, -0.2) is 4.79 Å². The van der Waals surface area contributed by atoms with Crippen LogP contribution in [0.25, 0.3) is 11.1 Å². The summed E-state index contributed by atoms with van der Waals surface area (Å²) in [6.45, 7) is 6.73. The molecule has 194 valence electrons. The van der Waals surface area contributed by atoms with Gasteiger partial charge in [-0.05, 0) is 78.1 Å².